The maximum Gasteiger partial charge on any atom is 2.00 e. The fourth-order valence-electron chi connectivity index (χ4n) is 0. The van der Waals surface area contributed by atoms with E-state index in [-0.39, 0.29) is 51.7 Å². The van der Waals surface area contributed by atoms with Gasteiger partial charge in [0.1, 0.15) is 12.2 Å². The number of rotatable bonds is 2. The summed E-state index contributed by atoms with van der Waals surface area (Å²) in [6.07, 6.45) is -2.46. The zero-order valence-corrected chi connectivity index (χ0v) is 11.9. The van der Waals surface area contributed by atoms with Gasteiger partial charge in [-0.3, -0.25) is 0 Å². The molecule has 2 unspecified atom stereocenters. The first-order valence-corrected chi connectivity index (χ1v) is 3.10. The number of carbonyl (C=O) groups is 2. The monoisotopic (exact) mass is 320 g/mol. The molecule has 0 aliphatic rings. The van der Waals surface area contributed by atoms with E-state index in [0.29, 0.717) is 0 Å². The van der Waals surface area contributed by atoms with Gasteiger partial charge in [0.05, 0.1) is 0 Å². The Balaban J connectivity index is -0.0000000370. The minimum absolute atomic E-state index is 0. The number of hydrogen-bond acceptors (Lipinski definition) is 4. The van der Waals surface area contributed by atoms with Crippen LogP contribution in [0.3, 0.4) is 0 Å². The summed E-state index contributed by atoms with van der Waals surface area (Å²) in [5.41, 5.74) is 0. The Kier molecular flexibility index (Phi) is 15.4. The maximum absolute atomic E-state index is 9.45. The van der Waals surface area contributed by atoms with Gasteiger partial charge < -0.3 is 23.3 Å². The normalized spacial score (nSPS) is 12.6. The number of carboxylic acids is 2. The molecule has 7 heteroatoms. The van der Waals surface area contributed by atoms with E-state index in [2.05, 4.69) is 0 Å². The molecule has 0 aliphatic heterocycles. The smallest absolute Gasteiger partial charge is 1.00 e. The Hall–Kier alpha value is 0.431. The molecule has 0 aromatic carbocycles. The van der Waals surface area contributed by atoms with Crippen molar-refractivity contribution in [2.75, 3.05) is 0 Å². The third kappa shape index (κ3) is 19.0. The van der Waals surface area contributed by atoms with Crippen molar-refractivity contribution in [3.05, 3.63) is 0 Å². The van der Waals surface area contributed by atoms with Gasteiger partial charge >= 0.3 is 60.8 Å². The number of aliphatic hydroxyl groups excluding tert-OH is 2. The molecule has 0 radical (unpaired) electrons. The first-order chi connectivity index (χ1) is 5.29. The van der Waals surface area contributed by atoms with Crippen LogP contribution in [0.5, 0.6) is 0 Å². The van der Waals surface area contributed by atoms with Crippen LogP contribution in [0.1, 0.15) is 16.7 Å². The van der Waals surface area contributed by atoms with Gasteiger partial charge in [-0.1, -0.05) is 0 Å². The second-order valence-corrected chi connectivity index (χ2v) is 2.03. The molecular weight excluding hydrogens is 305 g/mol. The Morgan fingerprint density at radius 3 is 1.08 bits per heavy atom. The molecule has 0 saturated carbocycles. The summed E-state index contributed by atoms with van der Waals surface area (Å²) in [5, 5.41) is 31.5. The number of carboxylic acid groups (broad SMARTS) is 2. The van der Waals surface area contributed by atoms with Crippen molar-refractivity contribution in [1.29, 1.82) is 0 Å². The molecule has 0 fully saturated rings. The molecule has 0 aromatic heterocycles. The van der Waals surface area contributed by atoms with Crippen molar-refractivity contribution < 1.29 is 32.9 Å². The molecule has 0 rings (SSSR count). The van der Waals surface area contributed by atoms with Crippen molar-refractivity contribution >= 4 is 60.8 Å². The molecule has 0 aromatic rings. The minimum Gasteiger partial charge on any atom is -1.00 e. The van der Waals surface area contributed by atoms with Crippen LogP contribution in [0.15, 0.2) is 0 Å². The average Bonchev–Trinajstić information content (AvgIpc) is 1.88. The molecule has 6 nitrogen and oxygen atoms in total. The average molecular weight is 319 g/mol. The van der Waals surface area contributed by atoms with Crippen molar-refractivity contribution in [3.63, 3.8) is 0 Å². The Morgan fingerprint density at radius 1 is 1.00 bits per heavy atom. The van der Waals surface area contributed by atoms with Crippen LogP contribution in [0.2, 0.25) is 0 Å². The van der Waals surface area contributed by atoms with Crippen molar-refractivity contribution in [2.45, 2.75) is 26.1 Å². The quantitative estimate of drug-likeness (QED) is 0.473. The summed E-state index contributed by atoms with van der Waals surface area (Å²) in [6.45, 7) is 2.39. The van der Waals surface area contributed by atoms with Gasteiger partial charge in [-0.2, -0.15) is 0 Å². The third-order valence-corrected chi connectivity index (χ3v) is 0.715. The molecule has 0 saturated heterocycles. The van der Waals surface area contributed by atoms with Crippen LogP contribution in [-0.4, -0.2) is 93.5 Å². The van der Waals surface area contributed by atoms with Gasteiger partial charge in [-0.25, -0.2) is 9.59 Å². The van der Waals surface area contributed by atoms with E-state index < -0.39 is 24.1 Å². The topological polar surface area (TPSA) is 115 Å². The summed E-state index contributed by atoms with van der Waals surface area (Å²) in [5.74, 6) is -2.37. The van der Waals surface area contributed by atoms with Gasteiger partial charge in [-0.05, 0) is 13.8 Å². The second kappa shape index (κ2) is 10.5. The van der Waals surface area contributed by atoms with Gasteiger partial charge in [0, 0.05) is 0 Å². The molecule has 0 amide bonds. The van der Waals surface area contributed by atoms with Crippen molar-refractivity contribution in [3.8, 4) is 0 Å². The van der Waals surface area contributed by atoms with Gasteiger partial charge in [0.2, 0.25) is 0 Å². The molecule has 2 atom stereocenters. The molecule has 13 heavy (non-hydrogen) atoms. The first kappa shape index (κ1) is 19.1. The summed E-state index contributed by atoms with van der Waals surface area (Å²) in [7, 11) is 0. The van der Waals surface area contributed by atoms with Crippen LogP contribution in [0.4, 0.5) is 0 Å². The summed E-state index contributed by atoms with van der Waals surface area (Å²) in [6, 6.07) is 0. The van der Waals surface area contributed by atoms with Crippen molar-refractivity contribution in [2.24, 2.45) is 0 Å². The molecule has 0 bridgehead atoms. The molecule has 0 spiro atoms. The molecular formula is C6H14BaO6. The maximum atomic E-state index is 9.45. The number of hydrogen-bond donors (Lipinski definition) is 4. The molecule has 76 valence electrons. The summed E-state index contributed by atoms with van der Waals surface area (Å²) >= 11 is 0. The van der Waals surface area contributed by atoms with Crippen LogP contribution < -0.4 is 0 Å². The zero-order valence-electron chi connectivity index (χ0n) is 9.47. The largest absolute Gasteiger partial charge is 2.00 e. The molecule has 4 N–H and O–H groups in total. The zero-order chi connectivity index (χ0) is 10.3. The van der Waals surface area contributed by atoms with Gasteiger partial charge in [-0.15, -0.1) is 0 Å². The van der Waals surface area contributed by atoms with E-state index >= 15 is 0 Å². The van der Waals surface area contributed by atoms with Crippen LogP contribution in [0.25, 0.3) is 0 Å². The third-order valence-electron chi connectivity index (χ3n) is 0.715. The predicted octanol–water partition coefficient (Wildman–Crippen LogP) is -1.25. The Bertz CT molecular complexity index is 146. The molecule has 0 heterocycles. The van der Waals surface area contributed by atoms with E-state index in [1.807, 2.05) is 0 Å². The number of aliphatic hydroxyl groups is 2. The predicted molar refractivity (Wildman–Crippen MR) is 46.6 cm³/mol. The van der Waals surface area contributed by atoms with E-state index in [4.69, 9.17) is 20.4 Å². The van der Waals surface area contributed by atoms with E-state index in [1.165, 1.54) is 13.8 Å². The molecule has 0 aliphatic carbocycles. The second-order valence-electron chi connectivity index (χ2n) is 2.03. The summed E-state index contributed by atoms with van der Waals surface area (Å²) in [4.78, 5) is 18.9. The van der Waals surface area contributed by atoms with Crippen LogP contribution in [0, 0.1) is 0 Å². The minimum atomic E-state index is -1.23. The summed E-state index contributed by atoms with van der Waals surface area (Å²) < 4.78 is 0. The van der Waals surface area contributed by atoms with E-state index in [9.17, 15) is 9.59 Å². The SMILES string of the molecule is CC(O)C(=O)O.CC(O)C(=O)O.[Ba+2].[H-].[H-]. The fourth-order valence-corrected chi connectivity index (χ4v) is 0. The number of aliphatic carboxylic acids is 2. The Morgan fingerprint density at radius 2 is 1.08 bits per heavy atom. The standard InChI is InChI=1S/2C3H6O3.Ba.2H/c2*1-2(4)3(5)6;;;/h2*2,4H,1H3,(H,5,6);;;/q;;+2;2*-1. The van der Waals surface area contributed by atoms with E-state index in [0.717, 1.165) is 0 Å². The van der Waals surface area contributed by atoms with Crippen LogP contribution >= 0.6 is 0 Å². The first-order valence-electron chi connectivity index (χ1n) is 3.10. The van der Waals surface area contributed by atoms with Gasteiger partial charge in [0.25, 0.3) is 0 Å². The van der Waals surface area contributed by atoms with Crippen molar-refractivity contribution in [1.82, 2.24) is 0 Å². The van der Waals surface area contributed by atoms with Gasteiger partial charge in [0.15, 0.2) is 0 Å². The Labute approximate surface area is 119 Å². The van der Waals surface area contributed by atoms with Crippen LogP contribution in [-0.2, 0) is 9.59 Å². The van der Waals surface area contributed by atoms with E-state index in [1.54, 1.807) is 0 Å². The fraction of sp³-hybridized carbons (Fsp3) is 0.667.